The Morgan fingerprint density at radius 2 is 2.27 bits per heavy atom. The third-order valence-corrected chi connectivity index (χ3v) is 3.27. The van der Waals surface area contributed by atoms with E-state index in [0.29, 0.717) is 18.3 Å². The Hall–Kier alpha value is -1.48. The number of nitrogens with two attached hydrogens (primary N) is 1. The number of aryl methyl sites for hydroxylation is 1. The zero-order valence-electron chi connectivity index (χ0n) is 8.48. The van der Waals surface area contributed by atoms with Crippen LogP contribution < -0.4 is 5.73 Å². The molecule has 1 aromatic heterocycles. The van der Waals surface area contributed by atoms with Gasteiger partial charge in [0, 0.05) is 29.2 Å². The number of phenols is 1. The summed E-state index contributed by atoms with van der Waals surface area (Å²) in [6.45, 7) is 0.692. The lowest BCUT2D eigenvalue weighted by Gasteiger charge is -2.12. The maximum Gasteiger partial charge on any atom is 0.116 e. The summed E-state index contributed by atoms with van der Waals surface area (Å²) in [5.74, 6) is 0.330. The maximum absolute atomic E-state index is 9.41. The van der Waals surface area contributed by atoms with Crippen LogP contribution in [0, 0.1) is 0 Å². The Morgan fingerprint density at radius 1 is 1.40 bits per heavy atom. The van der Waals surface area contributed by atoms with Gasteiger partial charge in [0.1, 0.15) is 5.75 Å². The molecule has 2 heterocycles. The third-order valence-electron chi connectivity index (χ3n) is 3.27. The number of rotatable bonds is 1. The summed E-state index contributed by atoms with van der Waals surface area (Å²) in [7, 11) is 0. The lowest BCUT2D eigenvalue weighted by Crippen LogP contribution is -2.15. The van der Waals surface area contributed by atoms with E-state index in [1.54, 1.807) is 6.07 Å². The van der Waals surface area contributed by atoms with Crippen molar-refractivity contribution in [3.05, 3.63) is 30.0 Å². The molecule has 0 spiro atoms. The highest BCUT2D eigenvalue weighted by Crippen LogP contribution is 2.33. The molecule has 1 unspecified atom stereocenters. The van der Waals surface area contributed by atoms with E-state index in [2.05, 4.69) is 10.6 Å². The highest BCUT2D eigenvalue weighted by atomic mass is 16.3. The molecule has 0 fully saturated rings. The topological polar surface area (TPSA) is 51.2 Å². The van der Waals surface area contributed by atoms with E-state index in [1.165, 1.54) is 11.2 Å². The van der Waals surface area contributed by atoms with Crippen molar-refractivity contribution in [2.24, 2.45) is 5.73 Å². The Balaban J connectivity index is 2.27. The molecule has 0 saturated heterocycles. The van der Waals surface area contributed by atoms with Crippen LogP contribution in [-0.4, -0.2) is 16.2 Å². The molecule has 0 bridgehead atoms. The van der Waals surface area contributed by atoms with Gasteiger partial charge in [0.05, 0.1) is 0 Å². The van der Waals surface area contributed by atoms with Gasteiger partial charge in [-0.25, -0.2) is 0 Å². The lowest BCUT2D eigenvalue weighted by molar-refractivity contribution is 0.476. The van der Waals surface area contributed by atoms with Gasteiger partial charge in [0.15, 0.2) is 0 Å². The van der Waals surface area contributed by atoms with Gasteiger partial charge in [-0.1, -0.05) is 0 Å². The summed E-state index contributed by atoms with van der Waals surface area (Å²) in [5.41, 5.74) is 8.29. The van der Waals surface area contributed by atoms with E-state index in [4.69, 9.17) is 5.73 Å². The van der Waals surface area contributed by atoms with Gasteiger partial charge in [0.2, 0.25) is 0 Å². The van der Waals surface area contributed by atoms with Gasteiger partial charge < -0.3 is 15.4 Å². The van der Waals surface area contributed by atoms with Crippen molar-refractivity contribution in [2.75, 3.05) is 6.54 Å². The Bertz CT molecular complexity index is 516. The molecule has 0 radical (unpaired) electrons. The molecule has 1 aliphatic heterocycles. The van der Waals surface area contributed by atoms with Crippen molar-refractivity contribution in [3.63, 3.8) is 0 Å². The highest BCUT2D eigenvalue weighted by Gasteiger charge is 2.22. The molecule has 3 N–H and O–H groups in total. The van der Waals surface area contributed by atoms with E-state index in [-0.39, 0.29) is 0 Å². The number of hydrogen-bond acceptors (Lipinski definition) is 2. The quantitative estimate of drug-likeness (QED) is 0.740. The fraction of sp³-hybridized carbons (Fsp3) is 0.333. The van der Waals surface area contributed by atoms with Crippen molar-refractivity contribution in [1.82, 2.24) is 4.57 Å². The van der Waals surface area contributed by atoms with Crippen LogP contribution in [0.1, 0.15) is 18.2 Å². The second kappa shape index (κ2) is 3.00. The Labute approximate surface area is 88.1 Å². The first kappa shape index (κ1) is 8.80. The van der Waals surface area contributed by atoms with E-state index in [0.717, 1.165) is 18.2 Å². The van der Waals surface area contributed by atoms with Gasteiger partial charge >= 0.3 is 0 Å². The molecule has 0 aliphatic carbocycles. The van der Waals surface area contributed by atoms with Crippen LogP contribution in [0.4, 0.5) is 0 Å². The van der Waals surface area contributed by atoms with Crippen LogP contribution in [0.3, 0.4) is 0 Å². The molecule has 0 saturated carbocycles. The fourth-order valence-electron chi connectivity index (χ4n) is 2.57. The minimum atomic E-state index is 0.330. The van der Waals surface area contributed by atoms with Gasteiger partial charge in [0.25, 0.3) is 0 Å². The Morgan fingerprint density at radius 3 is 3.07 bits per heavy atom. The van der Waals surface area contributed by atoms with Crippen LogP contribution >= 0.6 is 0 Å². The number of benzene rings is 1. The maximum atomic E-state index is 9.41. The average Bonchev–Trinajstić information content (AvgIpc) is 2.74. The summed E-state index contributed by atoms with van der Waals surface area (Å²) in [5, 5.41) is 10.5. The van der Waals surface area contributed by atoms with E-state index in [9.17, 15) is 5.11 Å². The molecular formula is C12H14N2O. The zero-order valence-corrected chi connectivity index (χ0v) is 8.48. The summed E-state index contributed by atoms with van der Waals surface area (Å²) < 4.78 is 2.31. The highest BCUT2D eigenvalue weighted by molar-refractivity contribution is 5.83. The number of nitrogens with zero attached hydrogens (tertiary/aromatic N) is 1. The summed E-state index contributed by atoms with van der Waals surface area (Å²) in [6.07, 6.45) is 2.24. The molecule has 15 heavy (non-hydrogen) atoms. The molecule has 3 nitrogen and oxygen atoms in total. The molecule has 1 atom stereocenters. The van der Waals surface area contributed by atoms with Gasteiger partial charge in [-0.05, 0) is 37.1 Å². The molecular weight excluding hydrogens is 188 g/mol. The largest absolute Gasteiger partial charge is 0.508 e. The molecule has 3 rings (SSSR count). The second-order valence-corrected chi connectivity index (χ2v) is 4.18. The number of fused-ring (bicyclic) bond motifs is 3. The predicted octanol–water partition coefficient (Wildman–Crippen LogP) is 1.79. The summed E-state index contributed by atoms with van der Waals surface area (Å²) in [4.78, 5) is 0. The standard InChI is InChI=1S/C12H14N2O/c13-7-10-2-1-9-5-8-6-11(15)3-4-12(8)14(9)10/h3-6,10,15H,1-2,7,13H2. The first-order chi connectivity index (χ1) is 7.29. The van der Waals surface area contributed by atoms with Gasteiger partial charge in [-0.15, -0.1) is 0 Å². The SMILES string of the molecule is NCC1CCc2cc3cc(O)ccc3n21. The molecule has 0 amide bonds. The van der Waals surface area contributed by atoms with Crippen LogP contribution in [-0.2, 0) is 6.42 Å². The third kappa shape index (κ3) is 1.16. The van der Waals surface area contributed by atoms with E-state index in [1.807, 2.05) is 12.1 Å². The van der Waals surface area contributed by atoms with Crippen molar-refractivity contribution in [1.29, 1.82) is 0 Å². The zero-order chi connectivity index (χ0) is 10.4. The van der Waals surface area contributed by atoms with E-state index >= 15 is 0 Å². The van der Waals surface area contributed by atoms with Crippen molar-refractivity contribution in [2.45, 2.75) is 18.9 Å². The van der Waals surface area contributed by atoms with Crippen LogP contribution in [0.25, 0.3) is 10.9 Å². The number of phenolic OH excluding ortho intramolecular Hbond substituents is 1. The Kier molecular flexibility index (Phi) is 1.76. The van der Waals surface area contributed by atoms with Crippen LogP contribution in [0.15, 0.2) is 24.3 Å². The number of aromatic hydroxyl groups is 1. The first-order valence-electron chi connectivity index (χ1n) is 5.32. The van der Waals surface area contributed by atoms with E-state index < -0.39 is 0 Å². The number of aromatic nitrogens is 1. The smallest absolute Gasteiger partial charge is 0.116 e. The van der Waals surface area contributed by atoms with Gasteiger partial charge in [-0.2, -0.15) is 0 Å². The average molecular weight is 202 g/mol. The summed E-state index contributed by atoms with van der Waals surface area (Å²) >= 11 is 0. The van der Waals surface area contributed by atoms with Crippen molar-refractivity contribution in [3.8, 4) is 5.75 Å². The summed E-state index contributed by atoms with van der Waals surface area (Å²) in [6, 6.07) is 8.12. The number of hydrogen-bond donors (Lipinski definition) is 2. The minimum Gasteiger partial charge on any atom is -0.508 e. The van der Waals surface area contributed by atoms with Crippen LogP contribution in [0.2, 0.25) is 0 Å². The normalized spacial score (nSPS) is 19.7. The molecule has 1 aliphatic rings. The molecule has 2 aromatic rings. The van der Waals surface area contributed by atoms with Crippen molar-refractivity contribution >= 4 is 10.9 Å². The molecule has 1 aromatic carbocycles. The lowest BCUT2D eigenvalue weighted by atomic mass is 10.1. The monoisotopic (exact) mass is 202 g/mol. The predicted molar refractivity (Wildman–Crippen MR) is 60.0 cm³/mol. The molecule has 3 heteroatoms. The fourth-order valence-corrected chi connectivity index (χ4v) is 2.57. The second-order valence-electron chi connectivity index (χ2n) is 4.18. The van der Waals surface area contributed by atoms with Crippen LogP contribution in [0.5, 0.6) is 5.75 Å². The molecule has 78 valence electrons. The van der Waals surface area contributed by atoms with Gasteiger partial charge in [-0.3, -0.25) is 0 Å². The van der Waals surface area contributed by atoms with Crippen molar-refractivity contribution < 1.29 is 5.11 Å². The minimum absolute atomic E-state index is 0.330. The first-order valence-corrected chi connectivity index (χ1v) is 5.32.